The van der Waals surface area contributed by atoms with Gasteiger partial charge in [0.15, 0.2) is 0 Å². The molecule has 0 saturated carbocycles. The van der Waals surface area contributed by atoms with Crippen molar-refractivity contribution in [3.8, 4) is 5.75 Å². The quantitative estimate of drug-likeness (QED) is 0.650. The van der Waals surface area contributed by atoms with Crippen molar-refractivity contribution >= 4 is 17.7 Å². The highest BCUT2D eigenvalue weighted by molar-refractivity contribution is 8.00. The first kappa shape index (κ1) is 17.9. The highest BCUT2D eigenvalue weighted by atomic mass is 32.2. The number of benzene rings is 1. The number of nitrogens with zero attached hydrogens (tertiary/aromatic N) is 2. The molecule has 1 aromatic carbocycles. The average molecular weight is 365 g/mol. The Bertz CT molecular complexity index is 827. The summed E-state index contributed by atoms with van der Waals surface area (Å²) >= 11 is 1.48. The summed E-state index contributed by atoms with van der Waals surface area (Å²) in [6, 6.07) is 15.1. The summed E-state index contributed by atoms with van der Waals surface area (Å²) in [5, 5.41) is 3.11. The lowest BCUT2D eigenvalue weighted by atomic mass is 9.99. The van der Waals surface area contributed by atoms with Gasteiger partial charge in [0.05, 0.1) is 18.9 Å². The number of thioether (sulfide) groups is 1. The smallest absolute Gasteiger partial charge is 0.231 e. The minimum atomic E-state index is -0.241. The van der Waals surface area contributed by atoms with Gasteiger partial charge in [-0.05, 0) is 47.5 Å². The maximum Gasteiger partial charge on any atom is 0.231 e. The molecule has 1 atom stereocenters. The van der Waals surface area contributed by atoms with Crippen LogP contribution in [0.2, 0.25) is 0 Å². The van der Waals surface area contributed by atoms with Crippen LogP contribution in [0.25, 0.3) is 0 Å². The second-order valence-corrected chi connectivity index (χ2v) is 6.57. The van der Waals surface area contributed by atoms with Crippen molar-refractivity contribution in [1.82, 2.24) is 15.3 Å². The van der Waals surface area contributed by atoms with Crippen molar-refractivity contribution < 1.29 is 9.53 Å². The van der Waals surface area contributed by atoms with E-state index in [0.717, 1.165) is 21.8 Å². The lowest BCUT2D eigenvalue weighted by Crippen LogP contribution is -2.30. The maximum atomic E-state index is 12.5. The van der Waals surface area contributed by atoms with Gasteiger partial charge in [0.25, 0.3) is 0 Å². The first-order valence-corrected chi connectivity index (χ1v) is 9.11. The second-order valence-electron chi connectivity index (χ2n) is 5.53. The first-order chi connectivity index (χ1) is 12.8. The molecule has 0 fully saturated rings. The van der Waals surface area contributed by atoms with E-state index in [0.29, 0.717) is 5.75 Å². The van der Waals surface area contributed by atoms with Gasteiger partial charge in [-0.3, -0.25) is 14.8 Å². The number of hydrogen-bond donors (Lipinski definition) is 1. The van der Waals surface area contributed by atoms with Gasteiger partial charge in [-0.15, -0.1) is 11.8 Å². The van der Waals surface area contributed by atoms with Gasteiger partial charge in [-0.1, -0.05) is 12.1 Å². The highest BCUT2D eigenvalue weighted by Crippen LogP contribution is 2.24. The molecule has 0 aliphatic rings. The molecule has 132 valence electrons. The third-order valence-corrected chi connectivity index (χ3v) is 4.83. The van der Waals surface area contributed by atoms with Gasteiger partial charge in [0.2, 0.25) is 5.91 Å². The van der Waals surface area contributed by atoms with Crippen LogP contribution in [-0.2, 0) is 4.79 Å². The lowest BCUT2D eigenvalue weighted by Gasteiger charge is -2.20. The van der Waals surface area contributed by atoms with Crippen LogP contribution in [0.15, 0.2) is 78.2 Å². The van der Waals surface area contributed by atoms with Gasteiger partial charge >= 0.3 is 0 Å². The molecule has 2 heterocycles. The summed E-state index contributed by atoms with van der Waals surface area (Å²) < 4.78 is 5.22. The topological polar surface area (TPSA) is 64.1 Å². The van der Waals surface area contributed by atoms with E-state index in [2.05, 4.69) is 15.3 Å². The van der Waals surface area contributed by atoms with Crippen molar-refractivity contribution in [3.05, 3.63) is 84.4 Å². The van der Waals surface area contributed by atoms with Crippen LogP contribution in [0.3, 0.4) is 0 Å². The van der Waals surface area contributed by atoms with Crippen molar-refractivity contribution in [2.75, 3.05) is 12.9 Å². The monoisotopic (exact) mass is 365 g/mol. The molecule has 26 heavy (non-hydrogen) atoms. The Morgan fingerprint density at radius 3 is 2.15 bits per heavy atom. The van der Waals surface area contributed by atoms with Crippen LogP contribution in [0.5, 0.6) is 5.75 Å². The molecule has 1 N–H and O–H groups in total. The maximum absolute atomic E-state index is 12.5. The van der Waals surface area contributed by atoms with Gasteiger partial charge in [-0.25, -0.2) is 0 Å². The molecular formula is C20H19N3O2S. The van der Waals surface area contributed by atoms with Gasteiger partial charge in [0, 0.05) is 29.7 Å². The zero-order valence-electron chi connectivity index (χ0n) is 14.3. The Kier molecular flexibility index (Phi) is 6.22. The molecule has 3 aromatic rings. The van der Waals surface area contributed by atoms with E-state index in [1.54, 1.807) is 31.9 Å². The summed E-state index contributed by atoms with van der Waals surface area (Å²) in [6.45, 7) is 0. The molecule has 0 aliphatic carbocycles. The number of pyridine rings is 2. The molecule has 0 radical (unpaired) electrons. The third-order valence-electron chi connectivity index (χ3n) is 3.81. The van der Waals surface area contributed by atoms with Crippen LogP contribution in [0, 0.1) is 0 Å². The first-order valence-electron chi connectivity index (χ1n) is 8.12. The number of carbonyl (C=O) groups excluding carboxylic acids is 1. The van der Waals surface area contributed by atoms with Crippen molar-refractivity contribution in [2.45, 2.75) is 10.9 Å². The lowest BCUT2D eigenvalue weighted by molar-refractivity contribution is -0.119. The van der Waals surface area contributed by atoms with E-state index in [9.17, 15) is 4.79 Å². The minimum Gasteiger partial charge on any atom is -0.497 e. The molecule has 6 heteroatoms. The Morgan fingerprint density at radius 2 is 1.54 bits per heavy atom. The molecule has 0 bridgehead atoms. The standard InChI is InChI=1S/C20H19N3O2S/c1-25-17-4-2-15(3-5-17)20(16-6-10-21-11-7-16)23-19(24)14-26-18-8-12-22-13-9-18/h2-13,20H,14H2,1H3,(H,23,24)/t20-/m1/s1. The number of ether oxygens (including phenoxy) is 1. The summed E-state index contributed by atoms with van der Waals surface area (Å²) in [6.07, 6.45) is 6.89. The SMILES string of the molecule is COc1ccc([C@@H](NC(=O)CSc2ccncc2)c2ccncc2)cc1. The van der Waals surface area contributed by atoms with E-state index in [-0.39, 0.29) is 11.9 Å². The van der Waals surface area contributed by atoms with Crippen molar-refractivity contribution in [1.29, 1.82) is 0 Å². The molecule has 0 unspecified atom stereocenters. The van der Waals surface area contributed by atoms with Gasteiger partial charge in [0.1, 0.15) is 5.75 Å². The summed E-state index contributed by atoms with van der Waals surface area (Å²) in [4.78, 5) is 21.6. The fourth-order valence-corrected chi connectivity index (χ4v) is 3.19. The summed E-state index contributed by atoms with van der Waals surface area (Å²) in [5.74, 6) is 1.08. The van der Waals surface area contributed by atoms with Crippen LogP contribution < -0.4 is 10.1 Å². The van der Waals surface area contributed by atoms with Crippen LogP contribution >= 0.6 is 11.8 Å². The Morgan fingerprint density at radius 1 is 0.962 bits per heavy atom. The number of amides is 1. The fraction of sp³-hybridized carbons (Fsp3) is 0.150. The van der Waals surface area contributed by atoms with Crippen LogP contribution in [0.1, 0.15) is 17.2 Å². The van der Waals surface area contributed by atoms with E-state index in [1.807, 2.05) is 48.5 Å². The average Bonchev–Trinajstić information content (AvgIpc) is 2.72. The minimum absolute atomic E-state index is 0.0376. The number of methoxy groups -OCH3 is 1. The molecule has 0 aliphatic heterocycles. The highest BCUT2D eigenvalue weighted by Gasteiger charge is 2.17. The second kappa shape index (κ2) is 9.01. The van der Waals surface area contributed by atoms with Gasteiger partial charge in [-0.2, -0.15) is 0 Å². The Labute approximate surface area is 156 Å². The number of hydrogen-bond acceptors (Lipinski definition) is 5. The molecule has 0 spiro atoms. The molecule has 1 amide bonds. The van der Waals surface area contributed by atoms with Gasteiger partial charge < -0.3 is 10.1 Å². The van der Waals surface area contributed by atoms with Crippen molar-refractivity contribution in [3.63, 3.8) is 0 Å². The number of rotatable bonds is 7. The fourth-order valence-electron chi connectivity index (χ4n) is 2.50. The van der Waals surface area contributed by atoms with Crippen LogP contribution in [0.4, 0.5) is 0 Å². The molecule has 3 rings (SSSR count). The zero-order chi connectivity index (χ0) is 18.2. The number of nitrogens with one attached hydrogen (secondary N) is 1. The Hall–Kier alpha value is -2.86. The molecule has 5 nitrogen and oxygen atoms in total. The van der Waals surface area contributed by atoms with Crippen LogP contribution in [-0.4, -0.2) is 28.7 Å². The molecule has 0 saturated heterocycles. The van der Waals surface area contributed by atoms with E-state index in [1.165, 1.54) is 11.8 Å². The third kappa shape index (κ3) is 4.83. The zero-order valence-corrected chi connectivity index (χ0v) is 15.1. The predicted molar refractivity (Wildman–Crippen MR) is 102 cm³/mol. The number of carbonyl (C=O) groups is 1. The molecular weight excluding hydrogens is 346 g/mol. The number of aromatic nitrogens is 2. The van der Waals surface area contributed by atoms with E-state index in [4.69, 9.17) is 4.74 Å². The molecule has 2 aromatic heterocycles. The normalized spacial score (nSPS) is 11.6. The van der Waals surface area contributed by atoms with Crippen molar-refractivity contribution in [2.24, 2.45) is 0 Å². The van der Waals surface area contributed by atoms with E-state index < -0.39 is 0 Å². The Balaban J connectivity index is 1.74. The van der Waals surface area contributed by atoms with E-state index >= 15 is 0 Å². The largest absolute Gasteiger partial charge is 0.497 e. The summed E-state index contributed by atoms with van der Waals surface area (Å²) in [5.41, 5.74) is 1.96. The summed E-state index contributed by atoms with van der Waals surface area (Å²) in [7, 11) is 1.63. The predicted octanol–water partition coefficient (Wildman–Crippen LogP) is 3.48.